The van der Waals surface area contributed by atoms with Crippen LogP contribution in [0.15, 0.2) is 47.3 Å². The highest BCUT2D eigenvalue weighted by molar-refractivity contribution is 8.23. The molecule has 1 saturated heterocycles. The molecule has 1 aromatic carbocycles. The molecule has 1 fully saturated rings. The smallest absolute Gasteiger partial charge is 0.263 e. The molecule has 0 aliphatic carbocycles. The number of thiocarbonyl (C=S) groups is 1. The number of fused-ring (bicyclic) bond motifs is 5. The van der Waals surface area contributed by atoms with Crippen LogP contribution in [0.3, 0.4) is 0 Å². The predicted molar refractivity (Wildman–Crippen MR) is 128 cm³/mol. The summed E-state index contributed by atoms with van der Waals surface area (Å²) in [7, 11) is 0. The number of thioether (sulfide) groups is 1. The third-order valence-electron chi connectivity index (χ3n) is 6.38. The Morgan fingerprint density at radius 2 is 1.73 bits per heavy atom. The van der Waals surface area contributed by atoms with E-state index in [0.29, 0.717) is 27.9 Å². The number of carbonyl (C=O) groups is 3. The van der Waals surface area contributed by atoms with Crippen LogP contribution in [-0.2, 0) is 11.3 Å². The highest BCUT2D eigenvalue weighted by Gasteiger charge is 2.36. The van der Waals surface area contributed by atoms with Crippen LogP contribution in [0, 0.1) is 5.92 Å². The van der Waals surface area contributed by atoms with Gasteiger partial charge in [0.05, 0.1) is 16.9 Å². The van der Waals surface area contributed by atoms with E-state index in [-0.39, 0.29) is 29.8 Å². The summed E-state index contributed by atoms with van der Waals surface area (Å²) in [5.74, 6) is -0.418. The van der Waals surface area contributed by atoms with Crippen molar-refractivity contribution in [3.8, 4) is 0 Å². The monoisotopic (exact) mass is 482 g/mol. The summed E-state index contributed by atoms with van der Waals surface area (Å²) >= 11 is 6.87. The first-order valence-electron chi connectivity index (χ1n) is 10.8. The highest BCUT2D eigenvalue weighted by atomic mass is 32.2. The molecule has 4 heterocycles. The topological polar surface area (TPSA) is 91.7 Å². The van der Waals surface area contributed by atoms with Gasteiger partial charge in [-0.25, -0.2) is 0 Å². The third kappa shape index (κ3) is 4.08. The lowest BCUT2D eigenvalue weighted by atomic mass is 9.83. The number of hydrogen-bond acceptors (Lipinski definition) is 6. The fourth-order valence-corrected chi connectivity index (χ4v) is 5.88. The molecular weight excluding hydrogens is 460 g/mol. The van der Waals surface area contributed by atoms with Crippen molar-refractivity contribution in [1.82, 2.24) is 19.7 Å². The van der Waals surface area contributed by atoms with Crippen LogP contribution >= 0.6 is 24.0 Å². The lowest BCUT2D eigenvalue weighted by Crippen LogP contribution is -2.48. The SMILES string of the molecule is O=C(CSC(=S)N1C[C@H]2C[C@@H](C1)c1cccc(=O)n1C2)NCN1C(=O)c2ccccc2C1=O. The first-order valence-corrected chi connectivity index (χ1v) is 12.1. The average molecular weight is 483 g/mol. The summed E-state index contributed by atoms with van der Waals surface area (Å²) in [5, 5.41) is 2.65. The molecule has 33 heavy (non-hydrogen) atoms. The maximum Gasteiger partial charge on any atom is 0.263 e. The van der Waals surface area contributed by atoms with E-state index in [1.807, 2.05) is 10.6 Å². The number of imide groups is 1. The number of hydrogen-bond donors (Lipinski definition) is 1. The van der Waals surface area contributed by atoms with Crippen molar-refractivity contribution >= 4 is 46.0 Å². The number of pyridine rings is 1. The molecule has 8 nitrogen and oxygen atoms in total. The van der Waals surface area contributed by atoms with Crippen LogP contribution in [0.5, 0.6) is 0 Å². The molecule has 3 aliphatic rings. The van der Waals surface area contributed by atoms with Crippen molar-refractivity contribution in [2.24, 2.45) is 5.92 Å². The molecular formula is C23H22N4O4S2. The molecule has 1 aromatic heterocycles. The minimum atomic E-state index is -0.404. The number of nitrogens with zero attached hydrogens (tertiary/aromatic N) is 3. The van der Waals surface area contributed by atoms with Crippen molar-refractivity contribution in [2.45, 2.75) is 18.9 Å². The minimum absolute atomic E-state index is 0.0438. The van der Waals surface area contributed by atoms with Gasteiger partial charge < -0.3 is 14.8 Å². The molecule has 0 saturated carbocycles. The molecule has 2 atom stereocenters. The fourth-order valence-electron chi connectivity index (χ4n) is 4.87. The second-order valence-electron chi connectivity index (χ2n) is 8.50. The number of piperidine rings is 1. The van der Waals surface area contributed by atoms with Gasteiger partial charge in [-0.1, -0.05) is 42.2 Å². The molecule has 170 valence electrons. The summed E-state index contributed by atoms with van der Waals surface area (Å²) in [6.07, 6.45) is 1.04. The largest absolute Gasteiger partial charge is 0.356 e. The van der Waals surface area contributed by atoms with Gasteiger partial charge in [0.25, 0.3) is 17.4 Å². The lowest BCUT2D eigenvalue weighted by Gasteiger charge is -2.43. The summed E-state index contributed by atoms with van der Waals surface area (Å²) < 4.78 is 2.52. The van der Waals surface area contributed by atoms with E-state index in [0.717, 1.165) is 30.1 Å². The zero-order chi connectivity index (χ0) is 23.1. The fraction of sp³-hybridized carbons (Fsp3) is 0.348. The molecule has 0 spiro atoms. The standard InChI is InChI=1S/C23H22N4O4S2/c28-19(24-13-27-21(30)16-4-1-2-5-17(16)22(27)31)12-33-23(32)25-9-14-8-15(11-25)18-6-3-7-20(29)26(18)10-14/h1-7,14-15H,8-13H2,(H,24,28)/t14-,15+/m1/s1. The van der Waals surface area contributed by atoms with Crippen molar-refractivity contribution < 1.29 is 14.4 Å². The molecule has 10 heteroatoms. The Morgan fingerprint density at radius 1 is 1.00 bits per heavy atom. The van der Waals surface area contributed by atoms with E-state index in [2.05, 4.69) is 10.2 Å². The minimum Gasteiger partial charge on any atom is -0.356 e. The van der Waals surface area contributed by atoms with Crippen LogP contribution in [-0.4, -0.2) is 61.9 Å². The van der Waals surface area contributed by atoms with Gasteiger partial charge in [-0.05, 0) is 30.5 Å². The molecule has 3 aliphatic heterocycles. The molecule has 2 bridgehead atoms. The molecule has 1 N–H and O–H groups in total. The van der Waals surface area contributed by atoms with Crippen LogP contribution in [0.25, 0.3) is 0 Å². The summed E-state index contributed by atoms with van der Waals surface area (Å²) in [5.41, 5.74) is 1.80. The number of carbonyl (C=O) groups excluding carboxylic acids is 3. The molecule has 5 rings (SSSR count). The predicted octanol–water partition coefficient (Wildman–Crippen LogP) is 1.66. The van der Waals surface area contributed by atoms with E-state index in [4.69, 9.17) is 12.2 Å². The Morgan fingerprint density at radius 3 is 2.45 bits per heavy atom. The average Bonchev–Trinajstić information content (AvgIpc) is 3.06. The number of amides is 3. The Hall–Kier alpha value is -2.98. The number of benzene rings is 1. The highest BCUT2D eigenvalue weighted by Crippen LogP contribution is 2.36. The van der Waals surface area contributed by atoms with Crippen LogP contribution in [0.1, 0.15) is 38.7 Å². The van der Waals surface area contributed by atoms with Gasteiger partial charge >= 0.3 is 0 Å². The lowest BCUT2D eigenvalue weighted by molar-refractivity contribution is -0.118. The number of rotatable bonds is 4. The van der Waals surface area contributed by atoms with Gasteiger partial charge in [0.2, 0.25) is 5.91 Å². The first kappa shape index (κ1) is 21.8. The van der Waals surface area contributed by atoms with Crippen molar-refractivity contribution in [3.05, 3.63) is 69.6 Å². The Labute approximate surface area is 199 Å². The van der Waals surface area contributed by atoms with Gasteiger partial charge in [0.15, 0.2) is 0 Å². The van der Waals surface area contributed by atoms with Crippen LogP contribution in [0.2, 0.25) is 0 Å². The molecule has 2 aromatic rings. The Kier molecular flexibility index (Phi) is 5.79. The number of aromatic nitrogens is 1. The number of nitrogens with one attached hydrogen (secondary N) is 1. The van der Waals surface area contributed by atoms with Gasteiger partial charge in [0.1, 0.15) is 11.0 Å². The molecule has 3 amide bonds. The van der Waals surface area contributed by atoms with Crippen molar-refractivity contribution in [3.63, 3.8) is 0 Å². The normalized spacial score (nSPS) is 21.0. The van der Waals surface area contributed by atoms with Crippen molar-refractivity contribution in [1.29, 1.82) is 0 Å². The van der Waals surface area contributed by atoms with Gasteiger partial charge in [-0.15, -0.1) is 0 Å². The number of likely N-dealkylation sites (tertiary alicyclic amines) is 1. The van der Waals surface area contributed by atoms with E-state index in [1.165, 1.54) is 11.8 Å². The van der Waals surface area contributed by atoms with Crippen LogP contribution < -0.4 is 10.9 Å². The van der Waals surface area contributed by atoms with Gasteiger partial charge in [-0.2, -0.15) is 0 Å². The maximum absolute atomic E-state index is 12.4. The van der Waals surface area contributed by atoms with E-state index >= 15 is 0 Å². The Balaban J connectivity index is 1.13. The zero-order valence-electron chi connectivity index (χ0n) is 17.7. The summed E-state index contributed by atoms with van der Waals surface area (Å²) in [4.78, 5) is 52.5. The van der Waals surface area contributed by atoms with E-state index in [1.54, 1.807) is 36.4 Å². The second-order valence-corrected chi connectivity index (χ2v) is 10.1. The maximum atomic E-state index is 12.4. The quantitative estimate of drug-likeness (QED) is 0.523. The first-order chi connectivity index (χ1) is 15.9. The van der Waals surface area contributed by atoms with Crippen LogP contribution in [0.4, 0.5) is 0 Å². The van der Waals surface area contributed by atoms with Crippen molar-refractivity contribution in [2.75, 3.05) is 25.5 Å². The second kappa shape index (κ2) is 8.75. The van der Waals surface area contributed by atoms with E-state index in [9.17, 15) is 19.2 Å². The van der Waals surface area contributed by atoms with E-state index < -0.39 is 11.8 Å². The summed E-state index contributed by atoms with van der Waals surface area (Å²) in [6.45, 7) is 2.01. The molecule has 0 unspecified atom stereocenters. The Bertz CT molecular complexity index is 1190. The zero-order valence-corrected chi connectivity index (χ0v) is 19.4. The van der Waals surface area contributed by atoms with Gasteiger partial charge in [0, 0.05) is 37.3 Å². The summed E-state index contributed by atoms with van der Waals surface area (Å²) in [6, 6.07) is 12.0. The molecule has 0 radical (unpaired) electrons. The van der Waals surface area contributed by atoms with Gasteiger partial charge in [-0.3, -0.25) is 24.1 Å². The third-order valence-corrected chi connectivity index (χ3v) is 7.90.